The van der Waals surface area contributed by atoms with E-state index in [0.29, 0.717) is 13.0 Å². The quantitative estimate of drug-likeness (QED) is 0.891. The van der Waals surface area contributed by atoms with Crippen molar-refractivity contribution in [2.45, 2.75) is 44.9 Å². The lowest BCUT2D eigenvalue weighted by atomic mass is 9.78. The van der Waals surface area contributed by atoms with Crippen LogP contribution in [-0.4, -0.2) is 36.3 Å². The zero-order chi connectivity index (χ0) is 17.6. The van der Waals surface area contributed by atoms with Crippen LogP contribution in [0.4, 0.5) is 4.39 Å². The highest BCUT2D eigenvalue weighted by atomic mass is 19.1. The van der Waals surface area contributed by atoms with E-state index in [9.17, 15) is 14.0 Å². The molecule has 0 aromatic heterocycles. The molecule has 1 N–H and O–H groups in total. The molecule has 1 heterocycles. The lowest BCUT2D eigenvalue weighted by Crippen LogP contribution is -2.45. The third-order valence-electron chi connectivity index (χ3n) is 5.46. The van der Waals surface area contributed by atoms with E-state index in [1.165, 1.54) is 12.1 Å². The lowest BCUT2D eigenvalue weighted by Gasteiger charge is -2.32. The van der Waals surface area contributed by atoms with Crippen LogP contribution >= 0.6 is 0 Å². The molecule has 1 aliphatic carbocycles. The second-order valence-electron chi connectivity index (χ2n) is 7.20. The normalized spacial score (nSPS) is 23.5. The van der Waals surface area contributed by atoms with Gasteiger partial charge in [-0.3, -0.25) is 9.59 Å². The number of amides is 2. The molecule has 1 aromatic carbocycles. The Labute approximate surface area is 148 Å². The maximum atomic E-state index is 12.9. The number of nitrogens with zero attached hydrogens (tertiary/aromatic N) is 1. The van der Waals surface area contributed by atoms with Gasteiger partial charge in [0, 0.05) is 31.5 Å². The van der Waals surface area contributed by atoms with E-state index in [1.54, 1.807) is 12.1 Å². The van der Waals surface area contributed by atoms with Crippen LogP contribution in [0.5, 0.6) is 0 Å². The highest BCUT2D eigenvalue weighted by Crippen LogP contribution is 2.32. The third kappa shape index (κ3) is 4.59. The summed E-state index contributed by atoms with van der Waals surface area (Å²) in [4.78, 5) is 27.3. The topological polar surface area (TPSA) is 49.4 Å². The molecule has 1 aliphatic heterocycles. The Morgan fingerprint density at radius 1 is 1.00 bits per heavy atom. The molecule has 2 amide bonds. The molecule has 0 bridgehead atoms. The highest BCUT2D eigenvalue weighted by Gasteiger charge is 2.38. The Morgan fingerprint density at radius 3 is 2.32 bits per heavy atom. The number of likely N-dealkylation sites (tertiary alicyclic amines) is 1. The zero-order valence-corrected chi connectivity index (χ0v) is 14.7. The molecule has 1 saturated carbocycles. The fourth-order valence-corrected chi connectivity index (χ4v) is 4.02. The smallest absolute Gasteiger partial charge is 0.226 e. The average molecular weight is 346 g/mol. The van der Waals surface area contributed by atoms with Gasteiger partial charge in [-0.25, -0.2) is 4.39 Å². The summed E-state index contributed by atoms with van der Waals surface area (Å²) < 4.78 is 12.9. The molecular weight excluding hydrogens is 319 g/mol. The minimum atomic E-state index is -0.252. The van der Waals surface area contributed by atoms with Crippen molar-refractivity contribution >= 4 is 11.8 Å². The van der Waals surface area contributed by atoms with Gasteiger partial charge in [0.25, 0.3) is 0 Å². The number of hydrogen-bond donors (Lipinski definition) is 1. The van der Waals surface area contributed by atoms with Crippen LogP contribution in [0.1, 0.15) is 44.1 Å². The van der Waals surface area contributed by atoms with E-state index in [0.717, 1.165) is 57.2 Å². The molecule has 5 heteroatoms. The predicted molar refractivity (Wildman–Crippen MR) is 94.4 cm³/mol. The first-order valence-electron chi connectivity index (χ1n) is 9.46. The molecule has 0 radical (unpaired) electrons. The summed E-state index contributed by atoms with van der Waals surface area (Å²) in [6.07, 6.45) is 6.49. The van der Waals surface area contributed by atoms with Gasteiger partial charge in [-0.05, 0) is 49.8 Å². The van der Waals surface area contributed by atoms with Crippen molar-refractivity contribution in [3.05, 3.63) is 35.6 Å². The minimum absolute atomic E-state index is 0.000594. The standard InChI is InChI=1S/C20H27FN2O2/c21-16-9-7-15(8-10-16)11-12-22-19(24)17-5-1-2-6-18(17)20(25)23-13-3-4-14-23/h7-10,17-18H,1-6,11-14H2,(H,22,24)/t17-,18-/m1/s1. The van der Waals surface area contributed by atoms with Crippen molar-refractivity contribution < 1.29 is 14.0 Å². The molecule has 2 atom stereocenters. The largest absolute Gasteiger partial charge is 0.356 e. The summed E-state index contributed by atoms with van der Waals surface area (Å²) in [5.41, 5.74) is 0.995. The van der Waals surface area contributed by atoms with Gasteiger partial charge in [0.1, 0.15) is 5.82 Å². The van der Waals surface area contributed by atoms with Gasteiger partial charge >= 0.3 is 0 Å². The molecule has 4 nitrogen and oxygen atoms in total. The van der Waals surface area contributed by atoms with Gasteiger partial charge < -0.3 is 10.2 Å². The van der Waals surface area contributed by atoms with Gasteiger partial charge in [-0.1, -0.05) is 25.0 Å². The molecule has 1 aromatic rings. The molecule has 2 fully saturated rings. The van der Waals surface area contributed by atoms with E-state index < -0.39 is 0 Å². The molecule has 1 saturated heterocycles. The van der Waals surface area contributed by atoms with Gasteiger partial charge in [-0.15, -0.1) is 0 Å². The van der Waals surface area contributed by atoms with Crippen molar-refractivity contribution in [2.75, 3.05) is 19.6 Å². The number of nitrogens with one attached hydrogen (secondary N) is 1. The Kier molecular flexibility index (Phi) is 6.05. The Bertz CT molecular complexity index is 596. The lowest BCUT2D eigenvalue weighted by molar-refractivity contribution is -0.142. The van der Waals surface area contributed by atoms with Gasteiger partial charge in [0.05, 0.1) is 0 Å². The zero-order valence-electron chi connectivity index (χ0n) is 14.7. The third-order valence-corrected chi connectivity index (χ3v) is 5.46. The molecule has 0 spiro atoms. The highest BCUT2D eigenvalue weighted by molar-refractivity contribution is 5.88. The van der Waals surface area contributed by atoms with Crippen molar-refractivity contribution in [3.63, 3.8) is 0 Å². The molecule has 3 rings (SSSR count). The van der Waals surface area contributed by atoms with Crippen LogP contribution in [0.15, 0.2) is 24.3 Å². The summed E-state index contributed by atoms with van der Waals surface area (Å²) in [5.74, 6) is -0.429. The van der Waals surface area contributed by atoms with Crippen molar-refractivity contribution in [1.82, 2.24) is 10.2 Å². The number of rotatable bonds is 5. The van der Waals surface area contributed by atoms with E-state index >= 15 is 0 Å². The maximum Gasteiger partial charge on any atom is 0.226 e. The number of carbonyl (C=O) groups is 2. The Hall–Kier alpha value is -1.91. The van der Waals surface area contributed by atoms with Crippen molar-refractivity contribution in [1.29, 1.82) is 0 Å². The maximum absolute atomic E-state index is 12.9. The summed E-state index contributed by atoms with van der Waals surface area (Å²) in [7, 11) is 0. The SMILES string of the molecule is O=C(NCCc1ccc(F)cc1)[C@@H]1CCCC[C@H]1C(=O)N1CCCC1. The van der Waals surface area contributed by atoms with Gasteiger partial charge in [0.2, 0.25) is 11.8 Å². The minimum Gasteiger partial charge on any atom is -0.356 e. The van der Waals surface area contributed by atoms with Gasteiger partial charge in [0.15, 0.2) is 0 Å². The van der Waals surface area contributed by atoms with Gasteiger partial charge in [-0.2, -0.15) is 0 Å². The van der Waals surface area contributed by atoms with Crippen LogP contribution in [0.3, 0.4) is 0 Å². The van der Waals surface area contributed by atoms with E-state index in [1.807, 2.05) is 4.90 Å². The first kappa shape index (κ1) is 17.9. The molecular formula is C20H27FN2O2. The fraction of sp³-hybridized carbons (Fsp3) is 0.600. The van der Waals surface area contributed by atoms with Crippen LogP contribution in [0.2, 0.25) is 0 Å². The molecule has 136 valence electrons. The van der Waals surface area contributed by atoms with Crippen LogP contribution in [0, 0.1) is 17.7 Å². The van der Waals surface area contributed by atoms with Crippen LogP contribution in [0.25, 0.3) is 0 Å². The predicted octanol–water partition coefficient (Wildman–Crippen LogP) is 2.91. The Balaban J connectivity index is 1.53. The van der Waals surface area contributed by atoms with E-state index in [4.69, 9.17) is 0 Å². The summed E-state index contributed by atoms with van der Waals surface area (Å²) in [6, 6.07) is 6.34. The molecule has 25 heavy (non-hydrogen) atoms. The second-order valence-corrected chi connectivity index (χ2v) is 7.20. The monoisotopic (exact) mass is 346 g/mol. The van der Waals surface area contributed by atoms with E-state index in [2.05, 4.69) is 5.32 Å². The average Bonchev–Trinajstić information content (AvgIpc) is 3.17. The fourth-order valence-electron chi connectivity index (χ4n) is 4.02. The van der Waals surface area contributed by atoms with Crippen molar-refractivity contribution in [2.24, 2.45) is 11.8 Å². The molecule has 2 aliphatic rings. The number of benzene rings is 1. The Morgan fingerprint density at radius 2 is 1.64 bits per heavy atom. The molecule has 0 unspecified atom stereocenters. The van der Waals surface area contributed by atoms with Crippen molar-refractivity contribution in [3.8, 4) is 0 Å². The summed E-state index contributed by atoms with van der Waals surface area (Å²) in [6.45, 7) is 2.20. The van der Waals surface area contributed by atoms with Crippen LogP contribution in [-0.2, 0) is 16.0 Å². The number of carbonyl (C=O) groups excluding carboxylic acids is 2. The summed E-state index contributed by atoms with van der Waals surface area (Å²) >= 11 is 0. The first-order chi connectivity index (χ1) is 12.1. The first-order valence-corrected chi connectivity index (χ1v) is 9.46. The number of hydrogen-bond acceptors (Lipinski definition) is 2. The van der Waals surface area contributed by atoms with E-state index in [-0.39, 0.29) is 29.5 Å². The summed E-state index contributed by atoms with van der Waals surface area (Å²) in [5, 5.41) is 2.99. The van der Waals surface area contributed by atoms with Crippen LogP contribution < -0.4 is 5.32 Å². The second kappa shape index (κ2) is 8.45. The number of halogens is 1.